The van der Waals surface area contributed by atoms with E-state index in [9.17, 15) is 0 Å². The molecule has 0 spiro atoms. The largest absolute Gasteiger partial charge is 0.497 e. The van der Waals surface area contributed by atoms with Gasteiger partial charge in [0.2, 0.25) is 0 Å². The first-order valence-corrected chi connectivity index (χ1v) is 7.42. The molecule has 3 nitrogen and oxygen atoms in total. The minimum Gasteiger partial charge on any atom is -0.497 e. The summed E-state index contributed by atoms with van der Waals surface area (Å²) < 4.78 is 5.17. The molecule has 3 heteroatoms. The van der Waals surface area contributed by atoms with Crippen molar-refractivity contribution in [3.8, 4) is 5.75 Å². The Hall–Kier alpha value is -1.22. The number of hydrogen-bond acceptors (Lipinski definition) is 3. The summed E-state index contributed by atoms with van der Waals surface area (Å²) in [4.78, 5) is 0. The predicted octanol–water partition coefficient (Wildman–Crippen LogP) is 3.40. The Morgan fingerprint density at radius 2 is 1.89 bits per heavy atom. The van der Waals surface area contributed by atoms with Gasteiger partial charge in [0.25, 0.3) is 0 Å². The number of hydrogen-bond donors (Lipinski definition) is 2. The van der Waals surface area contributed by atoms with Gasteiger partial charge in [0.1, 0.15) is 5.75 Å². The number of benzene rings is 1. The first-order chi connectivity index (χ1) is 9.31. The Bertz CT molecular complexity index is 358. The van der Waals surface area contributed by atoms with E-state index < -0.39 is 0 Å². The maximum Gasteiger partial charge on any atom is 0.119 e. The fourth-order valence-corrected chi connectivity index (χ4v) is 2.96. The van der Waals surface area contributed by atoms with Gasteiger partial charge in [-0.05, 0) is 36.6 Å². The van der Waals surface area contributed by atoms with Gasteiger partial charge in [0.15, 0.2) is 0 Å². The van der Waals surface area contributed by atoms with Crippen LogP contribution in [0.3, 0.4) is 0 Å². The molecule has 1 unspecified atom stereocenters. The van der Waals surface area contributed by atoms with Crippen molar-refractivity contribution in [2.75, 3.05) is 19.0 Å². The van der Waals surface area contributed by atoms with E-state index in [0.717, 1.165) is 17.4 Å². The molecule has 1 fully saturated rings. The molecule has 19 heavy (non-hydrogen) atoms. The zero-order chi connectivity index (χ0) is 13.5. The van der Waals surface area contributed by atoms with Crippen LogP contribution >= 0.6 is 0 Å². The normalized spacial score (nSPS) is 18.0. The van der Waals surface area contributed by atoms with Crippen LogP contribution in [0.25, 0.3) is 0 Å². The fraction of sp³-hybridized carbons (Fsp3) is 0.625. The van der Waals surface area contributed by atoms with Crippen LogP contribution in [0.15, 0.2) is 24.3 Å². The lowest BCUT2D eigenvalue weighted by Crippen LogP contribution is -2.31. The highest BCUT2D eigenvalue weighted by Crippen LogP contribution is 2.28. The summed E-state index contributed by atoms with van der Waals surface area (Å²) in [5.74, 6) is 1.75. The van der Waals surface area contributed by atoms with Crippen molar-refractivity contribution in [3.05, 3.63) is 24.3 Å². The van der Waals surface area contributed by atoms with Crippen LogP contribution in [-0.2, 0) is 0 Å². The van der Waals surface area contributed by atoms with Gasteiger partial charge >= 0.3 is 0 Å². The second-order valence-electron chi connectivity index (χ2n) is 5.55. The minimum atomic E-state index is 0.386. The zero-order valence-electron chi connectivity index (χ0n) is 11.9. The molecule has 1 aromatic rings. The van der Waals surface area contributed by atoms with Gasteiger partial charge in [-0.1, -0.05) is 32.1 Å². The summed E-state index contributed by atoms with van der Waals surface area (Å²) in [6.45, 7) is 0.697. The molecule has 1 aliphatic rings. The molecule has 0 aromatic heterocycles. The maximum absolute atomic E-state index is 5.91. The van der Waals surface area contributed by atoms with E-state index in [0.29, 0.717) is 12.6 Å². The Balaban J connectivity index is 1.86. The third-order valence-electron chi connectivity index (χ3n) is 4.09. The van der Waals surface area contributed by atoms with E-state index >= 15 is 0 Å². The fourth-order valence-electron chi connectivity index (χ4n) is 2.96. The summed E-state index contributed by atoms with van der Waals surface area (Å²) in [6, 6.07) is 8.47. The van der Waals surface area contributed by atoms with E-state index in [1.165, 1.54) is 38.5 Å². The van der Waals surface area contributed by atoms with Gasteiger partial charge < -0.3 is 15.8 Å². The summed E-state index contributed by atoms with van der Waals surface area (Å²) in [5.41, 5.74) is 7.04. The van der Waals surface area contributed by atoms with Crippen LogP contribution in [0.1, 0.15) is 38.5 Å². The van der Waals surface area contributed by atoms with E-state index in [1.54, 1.807) is 7.11 Å². The van der Waals surface area contributed by atoms with Gasteiger partial charge in [-0.15, -0.1) is 0 Å². The smallest absolute Gasteiger partial charge is 0.119 e. The SMILES string of the molecule is COc1ccc(NC(CN)CC2CCCCC2)cc1. The van der Waals surface area contributed by atoms with Crippen LogP contribution in [0.4, 0.5) is 5.69 Å². The number of methoxy groups -OCH3 is 1. The number of ether oxygens (including phenoxy) is 1. The van der Waals surface area contributed by atoms with Crippen LogP contribution in [0.5, 0.6) is 5.75 Å². The van der Waals surface area contributed by atoms with Gasteiger partial charge in [-0.25, -0.2) is 0 Å². The van der Waals surface area contributed by atoms with E-state index in [1.807, 2.05) is 12.1 Å². The molecule has 1 saturated carbocycles. The third kappa shape index (κ3) is 4.43. The monoisotopic (exact) mass is 262 g/mol. The molecule has 0 heterocycles. The van der Waals surface area contributed by atoms with E-state index in [4.69, 9.17) is 10.5 Å². The number of nitrogens with one attached hydrogen (secondary N) is 1. The Morgan fingerprint density at radius 1 is 1.21 bits per heavy atom. The predicted molar refractivity (Wildman–Crippen MR) is 80.7 cm³/mol. The molecule has 0 aliphatic heterocycles. The van der Waals surface area contributed by atoms with E-state index in [-0.39, 0.29) is 0 Å². The highest BCUT2D eigenvalue weighted by molar-refractivity contribution is 5.47. The summed E-state index contributed by atoms with van der Waals surface area (Å²) in [6.07, 6.45) is 8.15. The third-order valence-corrected chi connectivity index (χ3v) is 4.09. The lowest BCUT2D eigenvalue weighted by atomic mass is 9.85. The molecule has 1 aliphatic carbocycles. The van der Waals surface area contributed by atoms with Gasteiger partial charge in [0, 0.05) is 18.3 Å². The first kappa shape index (κ1) is 14.2. The lowest BCUT2D eigenvalue weighted by molar-refractivity contribution is 0.324. The van der Waals surface area contributed by atoms with Crippen molar-refractivity contribution in [2.24, 2.45) is 11.7 Å². The molecule has 106 valence electrons. The Labute approximate surface area is 116 Å². The van der Waals surface area contributed by atoms with Crippen LogP contribution < -0.4 is 15.8 Å². The van der Waals surface area contributed by atoms with Crippen LogP contribution in [-0.4, -0.2) is 19.7 Å². The van der Waals surface area contributed by atoms with Crippen LogP contribution in [0, 0.1) is 5.92 Å². The number of nitrogens with two attached hydrogens (primary N) is 1. The average molecular weight is 262 g/mol. The van der Waals surface area contributed by atoms with Crippen molar-refractivity contribution in [1.82, 2.24) is 0 Å². The van der Waals surface area contributed by atoms with Gasteiger partial charge in [-0.2, -0.15) is 0 Å². The second-order valence-corrected chi connectivity index (χ2v) is 5.55. The van der Waals surface area contributed by atoms with Crippen molar-refractivity contribution >= 4 is 5.69 Å². The highest BCUT2D eigenvalue weighted by Gasteiger charge is 2.18. The zero-order valence-corrected chi connectivity index (χ0v) is 11.9. The van der Waals surface area contributed by atoms with Crippen molar-refractivity contribution < 1.29 is 4.74 Å². The molecule has 0 radical (unpaired) electrons. The number of rotatable bonds is 6. The molecule has 2 rings (SSSR count). The van der Waals surface area contributed by atoms with Crippen LogP contribution in [0.2, 0.25) is 0 Å². The Morgan fingerprint density at radius 3 is 2.47 bits per heavy atom. The minimum absolute atomic E-state index is 0.386. The first-order valence-electron chi connectivity index (χ1n) is 7.42. The topological polar surface area (TPSA) is 47.3 Å². The molecule has 3 N–H and O–H groups in total. The summed E-state index contributed by atoms with van der Waals surface area (Å²) in [7, 11) is 1.69. The number of anilines is 1. The average Bonchev–Trinajstić information content (AvgIpc) is 2.48. The highest BCUT2D eigenvalue weighted by atomic mass is 16.5. The molecule has 0 amide bonds. The van der Waals surface area contributed by atoms with Gasteiger partial charge in [0.05, 0.1) is 7.11 Å². The quantitative estimate of drug-likeness (QED) is 0.826. The lowest BCUT2D eigenvalue weighted by Gasteiger charge is -2.27. The van der Waals surface area contributed by atoms with Crippen molar-refractivity contribution in [2.45, 2.75) is 44.6 Å². The molecule has 0 bridgehead atoms. The molecular formula is C16H26N2O. The van der Waals surface area contributed by atoms with Crippen molar-refractivity contribution in [3.63, 3.8) is 0 Å². The molecule has 1 aromatic carbocycles. The van der Waals surface area contributed by atoms with Crippen molar-refractivity contribution in [1.29, 1.82) is 0 Å². The van der Waals surface area contributed by atoms with Gasteiger partial charge in [-0.3, -0.25) is 0 Å². The van der Waals surface area contributed by atoms with E-state index in [2.05, 4.69) is 17.4 Å². The second kappa shape index (κ2) is 7.39. The molecular weight excluding hydrogens is 236 g/mol. The summed E-state index contributed by atoms with van der Waals surface area (Å²) >= 11 is 0. The standard InChI is InChI=1S/C16H26N2O/c1-19-16-9-7-14(8-10-16)18-15(12-17)11-13-5-3-2-4-6-13/h7-10,13,15,18H,2-6,11-12,17H2,1H3. The summed E-state index contributed by atoms with van der Waals surface area (Å²) in [5, 5.41) is 3.55. The Kier molecular flexibility index (Phi) is 5.52. The molecule has 1 atom stereocenters. The maximum atomic E-state index is 5.91. The molecule has 0 saturated heterocycles.